The summed E-state index contributed by atoms with van der Waals surface area (Å²) in [6, 6.07) is 11.7. The van der Waals surface area contributed by atoms with Gasteiger partial charge < -0.3 is 0 Å². The van der Waals surface area contributed by atoms with Gasteiger partial charge in [-0.25, -0.2) is 0 Å². The van der Waals surface area contributed by atoms with Crippen LogP contribution in [-0.2, 0) is 0 Å². The van der Waals surface area contributed by atoms with Crippen LogP contribution < -0.4 is 0 Å². The van der Waals surface area contributed by atoms with Crippen molar-refractivity contribution in [3.63, 3.8) is 0 Å². The van der Waals surface area contributed by atoms with Crippen LogP contribution in [0.1, 0.15) is 102 Å². The van der Waals surface area contributed by atoms with Crippen molar-refractivity contribution in [3.05, 3.63) is 35.9 Å². The number of hydrogen-bond acceptors (Lipinski definition) is 0. The zero-order valence-electron chi connectivity index (χ0n) is 14.4. The first-order valence-corrected chi connectivity index (χ1v) is 9.30. The van der Waals surface area contributed by atoms with Gasteiger partial charge in [0.15, 0.2) is 0 Å². The van der Waals surface area contributed by atoms with Crippen LogP contribution >= 0.6 is 0 Å². The molecule has 1 atom stereocenters. The first kappa shape index (κ1) is 18.3. The summed E-state index contributed by atoms with van der Waals surface area (Å²) in [5, 5.41) is 0. The number of unbranched alkanes of at least 4 members (excludes halogenated alkanes) is 10. The zero-order chi connectivity index (χ0) is 15.2. The van der Waals surface area contributed by atoms with E-state index >= 15 is 0 Å². The molecule has 0 aliphatic heterocycles. The summed E-state index contributed by atoms with van der Waals surface area (Å²) in [6.07, 6.45) is 17.1. The molecular weight excluding hydrogens is 252 g/mol. The molecule has 0 bridgehead atoms. The molecule has 0 amide bonds. The maximum atomic E-state index is 3.18. The summed E-state index contributed by atoms with van der Waals surface area (Å²) in [6.45, 7) is 4.64. The van der Waals surface area contributed by atoms with Crippen LogP contribution in [0.5, 0.6) is 0 Å². The quantitative estimate of drug-likeness (QED) is 0.334. The molecule has 0 nitrogen and oxygen atoms in total. The van der Waals surface area contributed by atoms with Crippen molar-refractivity contribution < 1.29 is 0 Å². The maximum Gasteiger partial charge on any atom is -0.0181 e. The van der Waals surface area contributed by atoms with E-state index in [-0.39, 0.29) is 0 Å². The molecule has 0 saturated carbocycles. The lowest BCUT2D eigenvalue weighted by atomic mass is 9.95. The first-order valence-electron chi connectivity index (χ1n) is 9.30. The average molecular weight is 288 g/mol. The summed E-state index contributed by atoms with van der Waals surface area (Å²) < 4.78 is 0. The van der Waals surface area contributed by atoms with Gasteiger partial charge in [0.25, 0.3) is 0 Å². The molecule has 0 spiro atoms. The largest absolute Gasteiger partial charge is 0.0654 e. The Bertz CT molecular complexity index is 314. The topological polar surface area (TPSA) is 0 Å². The minimum absolute atomic E-state index is 0.695. The SMILES string of the molecule is CCCCCCCCCCCCCC(C)c1c[c]ccc1. The summed E-state index contributed by atoms with van der Waals surface area (Å²) in [5.41, 5.74) is 1.45. The predicted molar refractivity (Wildman–Crippen MR) is 94.8 cm³/mol. The van der Waals surface area contributed by atoms with E-state index in [0.29, 0.717) is 5.92 Å². The fourth-order valence-electron chi connectivity index (χ4n) is 3.00. The highest BCUT2D eigenvalue weighted by molar-refractivity contribution is 5.17. The fourth-order valence-corrected chi connectivity index (χ4v) is 3.00. The summed E-state index contributed by atoms with van der Waals surface area (Å²) in [4.78, 5) is 0. The monoisotopic (exact) mass is 287 g/mol. The standard InChI is InChI=1S/C21H35/c1-3-4-5-6-7-8-9-10-11-12-14-17-20(2)21-18-15-13-16-19-21/h13,15,18-20H,3-12,14,17H2,1-2H3. The number of benzene rings is 1. The van der Waals surface area contributed by atoms with E-state index in [2.05, 4.69) is 38.1 Å². The van der Waals surface area contributed by atoms with Crippen LogP contribution in [-0.4, -0.2) is 0 Å². The van der Waals surface area contributed by atoms with Gasteiger partial charge in [-0.2, -0.15) is 0 Å². The van der Waals surface area contributed by atoms with Gasteiger partial charge in [0, 0.05) is 0 Å². The molecule has 1 rings (SSSR count). The Balaban J connectivity index is 1.86. The number of hydrogen-bond donors (Lipinski definition) is 0. The second-order valence-corrected chi connectivity index (χ2v) is 6.56. The molecule has 1 unspecified atom stereocenters. The third-order valence-corrected chi connectivity index (χ3v) is 4.54. The van der Waals surface area contributed by atoms with Gasteiger partial charge in [-0.3, -0.25) is 0 Å². The molecule has 0 aliphatic carbocycles. The van der Waals surface area contributed by atoms with Crippen LogP contribution in [0.25, 0.3) is 0 Å². The molecule has 1 aromatic rings. The Kier molecular flexibility index (Phi) is 11.2. The molecule has 21 heavy (non-hydrogen) atoms. The van der Waals surface area contributed by atoms with Crippen LogP contribution in [0.15, 0.2) is 24.3 Å². The molecule has 0 saturated heterocycles. The molecule has 0 aliphatic rings. The van der Waals surface area contributed by atoms with Gasteiger partial charge in [-0.15, -0.1) is 0 Å². The summed E-state index contributed by atoms with van der Waals surface area (Å²) >= 11 is 0. The Morgan fingerprint density at radius 1 is 0.857 bits per heavy atom. The molecular formula is C21H35. The van der Waals surface area contributed by atoms with E-state index < -0.39 is 0 Å². The molecule has 0 N–H and O–H groups in total. The third-order valence-electron chi connectivity index (χ3n) is 4.54. The maximum absolute atomic E-state index is 3.18. The highest BCUT2D eigenvalue weighted by atomic mass is 14.1. The first-order chi connectivity index (χ1) is 10.3. The minimum atomic E-state index is 0.695. The van der Waals surface area contributed by atoms with Crippen molar-refractivity contribution in [3.8, 4) is 0 Å². The molecule has 1 radical (unpaired) electrons. The highest BCUT2D eigenvalue weighted by Gasteiger charge is 2.03. The molecule has 0 aromatic heterocycles. The molecule has 0 heteroatoms. The fraction of sp³-hybridized carbons (Fsp3) is 0.714. The van der Waals surface area contributed by atoms with Crippen LogP contribution in [0, 0.1) is 6.07 Å². The third kappa shape index (κ3) is 9.72. The smallest absolute Gasteiger partial charge is 0.0181 e. The van der Waals surface area contributed by atoms with E-state index in [0.717, 1.165) is 0 Å². The Morgan fingerprint density at radius 3 is 1.95 bits per heavy atom. The Hall–Kier alpha value is -0.780. The van der Waals surface area contributed by atoms with Crippen molar-refractivity contribution in [2.24, 2.45) is 0 Å². The molecule has 1 aromatic carbocycles. The number of rotatable bonds is 13. The van der Waals surface area contributed by atoms with Gasteiger partial charge in [0.1, 0.15) is 0 Å². The van der Waals surface area contributed by atoms with Gasteiger partial charge in [-0.1, -0.05) is 109 Å². The van der Waals surface area contributed by atoms with Crippen LogP contribution in [0.3, 0.4) is 0 Å². The lowest BCUT2D eigenvalue weighted by Crippen LogP contribution is -1.93. The van der Waals surface area contributed by atoms with E-state index in [1.54, 1.807) is 0 Å². The van der Waals surface area contributed by atoms with E-state index in [4.69, 9.17) is 0 Å². The summed E-state index contributed by atoms with van der Waals surface area (Å²) in [7, 11) is 0. The second kappa shape index (κ2) is 12.9. The zero-order valence-corrected chi connectivity index (χ0v) is 14.4. The second-order valence-electron chi connectivity index (χ2n) is 6.56. The Morgan fingerprint density at radius 2 is 1.43 bits per heavy atom. The molecule has 119 valence electrons. The Labute approximate surface area is 133 Å². The van der Waals surface area contributed by atoms with Gasteiger partial charge >= 0.3 is 0 Å². The predicted octanol–water partition coefficient (Wildman–Crippen LogP) is 7.29. The van der Waals surface area contributed by atoms with Crippen molar-refractivity contribution in [2.75, 3.05) is 0 Å². The normalized spacial score (nSPS) is 12.5. The van der Waals surface area contributed by atoms with Crippen molar-refractivity contribution in [1.82, 2.24) is 0 Å². The summed E-state index contributed by atoms with van der Waals surface area (Å²) in [5.74, 6) is 0.695. The lowest BCUT2D eigenvalue weighted by Gasteiger charge is -2.11. The van der Waals surface area contributed by atoms with Crippen LogP contribution in [0.4, 0.5) is 0 Å². The van der Waals surface area contributed by atoms with E-state index in [1.807, 2.05) is 6.07 Å². The van der Waals surface area contributed by atoms with Crippen LogP contribution in [0.2, 0.25) is 0 Å². The van der Waals surface area contributed by atoms with E-state index in [9.17, 15) is 0 Å². The minimum Gasteiger partial charge on any atom is -0.0654 e. The van der Waals surface area contributed by atoms with Gasteiger partial charge in [0.05, 0.1) is 0 Å². The molecule has 0 heterocycles. The van der Waals surface area contributed by atoms with Gasteiger partial charge in [-0.05, 0) is 24.0 Å². The van der Waals surface area contributed by atoms with Crippen molar-refractivity contribution >= 4 is 0 Å². The molecule has 0 fully saturated rings. The van der Waals surface area contributed by atoms with Crippen molar-refractivity contribution in [1.29, 1.82) is 0 Å². The average Bonchev–Trinajstić information content (AvgIpc) is 2.53. The lowest BCUT2D eigenvalue weighted by molar-refractivity contribution is 0.531. The van der Waals surface area contributed by atoms with E-state index in [1.165, 1.54) is 82.6 Å². The van der Waals surface area contributed by atoms with Gasteiger partial charge in [0.2, 0.25) is 0 Å². The van der Waals surface area contributed by atoms with Crippen molar-refractivity contribution in [2.45, 2.75) is 96.8 Å². The highest BCUT2D eigenvalue weighted by Crippen LogP contribution is 2.21.